The molecule has 0 saturated heterocycles. The van der Waals surface area contributed by atoms with Crippen LogP contribution >= 0.6 is 11.3 Å². The number of nitrogens with zero attached hydrogens (tertiary/aromatic N) is 1. The number of thiophene rings is 1. The normalized spacial score (nSPS) is 12.1. The van der Waals surface area contributed by atoms with Crippen LogP contribution in [0.3, 0.4) is 0 Å². The molecule has 0 saturated carbocycles. The third-order valence-electron chi connectivity index (χ3n) is 2.55. The second-order valence-corrected chi connectivity index (χ2v) is 4.96. The van der Waals surface area contributed by atoms with Crippen molar-refractivity contribution < 1.29 is 4.79 Å². The molecule has 0 spiro atoms. The maximum atomic E-state index is 11.1. The zero-order valence-electron chi connectivity index (χ0n) is 9.88. The maximum absolute atomic E-state index is 11.1. The SMILES string of the molecule is CC(Nc1cc(N)c(C(N)=O)s1)c1ccncc1. The van der Waals surface area contributed by atoms with Crippen LogP contribution in [0.15, 0.2) is 30.6 Å². The Kier molecular flexibility index (Phi) is 3.47. The molecule has 2 rings (SSSR count). The predicted octanol–water partition coefficient (Wildman–Crippen LogP) is 2.00. The van der Waals surface area contributed by atoms with Crippen molar-refractivity contribution in [3.8, 4) is 0 Å². The monoisotopic (exact) mass is 262 g/mol. The van der Waals surface area contributed by atoms with Gasteiger partial charge < -0.3 is 16.8 Å². The van der Waals surface area contributed by atoms with Gasteiger partial charge in [0.1, 0.15) is 4.88 Å². The molecule has 1 unspecified atom stereocenters. The second-order valence-electron chi connectivity index (χ2n) is 3.91. The van der Waals surface area contributed by atoms with Crippen LogP contribution < -0.4 is 16.8 Å². The Morgan fingerprint density at radius 2 is 2.11 bits per heavy atom. The van der Waals surface area contributed by atoms with Gasteiger partial charge in [-0.05, 0) is 30.7 Å². The van der Waals surface area contributed by atoms with Gasteiger partial charge in [-0.2, -0.15) is 0 Å². The Morgan fingerprint density at radius 1 is 1.44 bits per heavy atom. The first-order valence-corrected chi connectivity index (χ1v) is 6.25. The van der Waals surface area contributed by atoms with Crippen molar-refractivity contribution in [1.29, 1.82) is 0 Å². The highest BCUT2D eigenvalue weighted by Crippen LogP contribution is 2.31. The van der Waals surface area contributed by atoms with E-state index in [1.54, 1.807) is 18.5 Å². The lowest BCUT2D eigenvalue weighted by Gasteiger charge is -2.13. The van der Waals surface area contributed by atoms with E-state index in [1.165, 1.54) is 11.3 Å². The van der Waals surface area contributed by atoms with Crippen LogP contribution in [0.1, 0.15) is 28.2 Å². The van der Waals surface area contributed by atoms with Gasteiger partial charge in [0.2, 0.25) is 0 Å². The van der Waals surface area contributed by atoms with Gasteiger partial charge in [0.25, 0.3) is 5.91 Å². The quantitative estimate of drug-likeness (QED) is 0.785. The molecule has 0 aliphatic rings. The molecule has 94 valence electrons. The van der Waals surface area contributed by atoms with Gasteiger partial charge in [-0.25, -0.2) is 0 Å². The highest BCUT2D eigenvalue weighted by molar-refractivity contribution is 7.18. The Balaban J connectivity index is 2.15. The maximum Gasteiger partial charge on any atom is 0.260 e. The second kappa shape index (κ2) is 5.05. The molecule has 6 heteroatoms. The number of rotatable bonds is 4. The highest BCUT2D eigenvalue weighted by atomic mass is 32.1. The van der Waals surface area contributed by atoms with Gasteiger partial charge in [0.15, 0.2) is 0 Å². The Morgan fingerprint density at radius 3 is 2.67 bits per heavy atom. The van der Waals surface area contributed by atoms with Crippen LogP contribution in [-0.4, -0.2) is 10.9 Å². The van der Waals surface area contributed by atoms with Crippen LogP contribution in [0, 0.1) is 0 Å². The van der Waals surface area contributed by atoms with Crippen LogP contribution in [0.4, 0.5) is 10.7 Å². The minimum absolute atomic E-state index is 0.103. The van der Waals surface area contributed by atoms with E-state index in [1.807, 2.05) is 19.1 Å². The van der Waals surface area contributed by atoms with E-state index in [0.29, 0.717) is 10.6 Å². The first kappa shape index (κ1) is 12.4. The summed E-state index contributed by atoms with van der Waals surface area (Å²) in [5.74, 6) is -0.498. The van der Waals surface area contributed by atoms with Crippen molar-refractivity contribution in [3.63, 3.8) is 0 Å². The first-order valence-electron chi connectivity index (χ1n) is 5.43. The number of carbonyl (C=O) groups excluding carboxylic acids is 1. The summed E-state index contributed by atoms with van der Waals surface area (Å²) in [6, 6.07) is 5.70. The van der Waals surface area contributed by atoms with Gasteiger partial charge in [-0.1, -0.05) is 0 Å². The van der Waals surface area contributed by atoms with Crippen molar-refractivity contribution in [2.24, 2.45) is 5.73 Å². The zero-order chi connectivity index (χ0) is 13.1. The van der Waals surface area contributed by atoms with E-state index in [-0.39, 0.29) is 6.04 Å². The Bertz CT molecular complexity index is 552. The molecule has 2 aromatic rings. The van der Waals surface area contributed by atoms with Crippen molar-refractivity contribution >= 4 is 27.9 Å². The molecule has 2 aromatic heterocycles. The molecule has 0 aromatic carbocycles. The lowest BCUT2D eigenvalue weighted by atomic mass is 10.1. The number of nitrogen functional groups attached to an aromatic ring is 1. The van der Waals surface area contributed by atoms with E-state index < -0.39 is 5.91 Å². The molecule has 0 bridgehead atoms. The summed E-state index contributed by atoms with van der Waals surface area (Å²) in [4.78, 5) is 15.5. The number of nitrogens with two attached hydrogens (primary N) is 2. The third-order valence-corrected chi connectivity index (χ3v) is 3.65. The van der Waals surface area contributed by atoms with Crippen LogP contribution in [0.5, 0.6) is 0 Å². The minimum atomic E-state index is -0.498. The Labute approximate surface area is 109 Å². The molecule has 2 heterocycles. The number of primary amides is 1. The fourth-order valence-corrected chi connectivity index (χ4v) is 2.54. The molecule has 0 aliphatic carbocycles. The van der Waals surface area contributed by atoms with E-state index in [9.17, 15) is 4.79 Å². The molecule has 5 N–H and O–H groups in total. The molecule has 1 atom stereocenters. The molecular formula is C12H14N4OS. The lowest BCUT2D eigenvalue weighted by molar-refractivity contribution is 0.100. The largest absolute Gasteiger partial charge is 0.397 e. The molecule has 18 heavy (non-hydrogen) atoms. The lowest BCUT2D eigenvalue weighted by Crippen LogP contribution is -2.10. The first-order chi connectivity index (χ1) is 8.58. The number of pyridine rings is 1. The van der Waals surface area contributed by atoms with E-state index in [2.05, 4.69) is 10.3 Å². The van der Waals surface area contributed by atoms with Gasteiger partial charge in [0, 0.05) is 18.4 Å². The summed E-state index contributed by atoms with van der Waals surface area (Å²) in [6.07, 6.45) is 3.48. The van der Waals surface area contributed by atoms with Crippen LogP contribution in [0.25, 0.3) is 0 Å². The highest BCUT2D eigenvalue weighted by Gasteiger charge is 2.13. The zero-order valence-corrected chi connectivity index (χ0v) is 10.7. The smallest absolute Gasteiger partial charge is 0.260 e. The number of aromatic nitrogens is 1. The van der Waals surface area contributed by atoms with Gasteiger partial charge in [-0.3, -0.25) is 9.78 Å². The third kappa shape index (κ3) is 2.60. The van der Waals surface area contributed by atoms with Gasteiger partial charge >= 0.3 is 0 Å². The average molecular weight is 262 g/mol. The van der Waals surface area contributed by atoms with E-state index >= 15 is 0 Å². The predicted molar refractivity (Wildman–Crippen MR) is 73.5 cm³/mol. The van der Waals surface area contributed by atoms with Gasteiger partial charge in [0.05, 0.1) is 10.7 Å². The summed E-state index contributed by atoms with van der Waals surface area (Å²) in [7, 11) is 0. The fraction of sp³-hybridized carbons (Fsp3) is 0.167. The van der Waals surface area contributed by atoms with Gasteiger partial charge in [-0.15, -0.1) is 11.3 Å². The molecule has 5 nitrogen and oxygen atoms in total. The summed E-state index contributed by atoms with van der Waals surface area (Å²) < 4.78 is 0. The van der Waals surface area contributed by atoms with Crippen LogP contribution in [-0.2, 0) is 0 Å². The van der Waals surface area contributed by atoms with E-state index in [4.69, 9.17) is 11.5 Å². The van der Waals surface area contributed by atoms with Crippen molar-refractivity contribution in [3.05, 3.63) is 41.0 Å². The number of amides is 1. The summed E-state index contributed by atoms with van der Waals surface area (Å²) >= 11 is 1.26. The van der Waals surface area contributed by atoms with Crippen LogP contribution in [0.2, 0.25) is 0 Å². The number of nitrogens with one attached hydrogen (secondary N) is 1. The average Bonchev–Trinajstić information content (AvgIpc) is 2.71. The minimum Gasteiger partial charge on any atom is -0.397 e. The Hall–Kier alpha value is -2.08. The number of anilines is 2. The van der Waals surface area contributed by atoms with Crippen molar-refractivity contribution in [2.45, 2.75) is 13.0 Å². The summed E-state index contributed by atoms with van der Waals surface area (Å²) in [6.45, 7) is 2.02. The van der Waals surface area contributed by atoms with Crippen molar-refractivity contribution in [2.75, 3.05) is 11.1 Å². The topological polar surface area (TPSA) is 94.0 Å². The fourth-order valence-electron chi connectivity index (χ4n) is 1.62. The molecule has 0 fully saturated rings. The molecule has 1 amide bonds. The standard InChI is InChI=1S/C12H14N4OS/c1-7(8-2-4-15-5-3-8)16-10-6-9(13)11(18-10)12(14)17/h2-7,16H,13H2,1H3,(H2,14,17). The van der Waals surface area contributed by atoms with Crippen molar-refractivity contribution in [1.82, 2.24) is 4.98 Å². The number of carbonyl (C=O) groups is 1. The number of hydrogen-bond donors (Lipinski definition) is 3. The number of hydrogen-bond acceptors (Lipinski definition) is 5. The molecule has 0 aliphatic heterocycles. The molecule has 0 radical (unpaired) electrons. The summed E-state index contributed by atoms with van der Waals surface area (Å²) in [5.41, 5.74) is 12.5. The van der Waals surface area contributed by atoms with E-state index in [0.717, 1.165) is 10.6 Å². The summed E-state index contributed by atoms with van der Waals surface area (Å²) in [5, 5.41) is 4.10. The molecular weight excluding hydrogens is 248 g/mol.